The minimum atomic E-state index is -3.47. The highest BCUT2D eigenvalue weighted by Crippen LogP contribution is 2.41. The van der Waals surface area contributed by atoms with Gasteiger partial charge in [-0.2, -0.15) is 20.4 Å². The van der Waals surface area contributed by atoms with E-state index in [9.17, 15) is 23.3 Å². The summed E-state index contributed by atoms with van der Waals surface area (Å²) in [5.74, 6) is 1.80. The lowest BCUT2D eigenvalue weighted by Crippen LogP contribution is -2.36. The van der Waals surface area contributed by atoms with Crippen LogP contribution in [0.1, 0.15) is 22.8 Å². The lowest BCUT2D eigenvalue weighted by molar-refractivity contribution is -0.384. The van der Waals surface area contributed by atoms with E-state index in [1.54, 1.807) is 43.9 Å². The predicted molar refractivity (Wildman–Crippen MR) is 504 cm³/mol. The first kappa shape index (κ1) is 94.4. The van der Waals surface area contributed by atoms with Crippen molar-refractivity contribution in [2.45, 2.75) is 36.5 Å². The SMILES string of the molecule is C=CC(=O)Cl.CN(C)Cc1cc(-c2ccnc(S(C)(=O)=O)n2)nn1-c1ccccc1.COc1cc(N2CCOCC2)c(N)cc1Nc1nccc(-c2cc(CN(C)C)n(-c3ccccc3)n2)n1.COc1cc(N2CCOCC2)c([N+](=O)[O-])cc1Nc1nccc(-c2cc(CN(C)C)n(-c3ccccc3)n2)n1.CSc1nccc(-c2cc(CN(C)C)n(-c3ccccc3)n2)n1. The second-order valence-corrected chi connectivity index (χ2v) is 33.4. The molecule has 14 aromatic rings. The highest BCUT2D eigenvalue weighted by molar-refractivity contribution is 7.98. The number of rotatable bonds is 28. The van der Waals surface area contributed by atoms with Gasteiger partial charge in [-0.3, -0.25) is 14.9 Å². The molecule has 38 heteroatoms. The van der Waals surface area contributed by atoms with Crippen LogP contribution in [0.15, 0.2) is 242 Å². The Balaban J connectivity index is 0.000000156. The Morgan fingerprint density at radius 3 is 1.16 bits per heavy atom. The van der Waals surface area contributed by atoms with Crippen LogP contribution >= 0.6 is 23.4 Å². The van der Waals surface area contributed by atoms with Gasteiger partial charge in [-0.1, -0.05) is 91.1 Å². The highest BCUT2D eigenvalue weighted by Gasteiger charge is 2.28. The highest BCUT2D eigenvalue weighted by atomic mass is 35.5. The molecule has 0 radical (unpaired) electrons. The number of hydrogen-bond acceptors (Lipinski definition) is 31. The Labute approximate surface area is 758 Å². The molecule has 670 valence electrons. The second kappa shape index (κ2) is 45.1. The van der Waals surface area contributed by atoms with Crippen LogP contribution in [0.4, 0.5) is 46.0 Å². The van der Waals surface area contributed by atoms with Gasteiger partial charge in [-0.25, -0.2) is 67.0 Å². The number of anilines is 7. The molecule has 129 heavy (non-hydrogen) atoms. The van der Waals surface area contributed by atoms with Gasteiger partial charge in [0.15, 0.2) is 5.16 Å². The lowest BCUT2D eigenvalue weighted by Gasteiger charge is -2.30. The smallest absolute Gasteiger partial charge is 0.294 e. The van der Waals surface area contributed by atoms with E-state index in [0.29, 0.717) is 121 Å². The third-order valence-electron chi connectivity index (χ3n) is 19.4. The van der Waals surface area contributed by atoms with E-state index in [1.807, 2.05) is 223 Å². The third kappa shape index (κ3) is 25.8. The average molecular weight is 1800 g/mol. The molecule has 0 aliphatic carbocycles. The second-order valence-electron chi connectivity index (χ2n) is 30.3. The molecule has 8 aromatic heterocycles. The topological polar surface area (TPSA) is 375 Å². The van der Waals surface area contributed by atoms with E-state index < -0.39 is 20.0 Å². The number of nitrogens with zero attached hydrogens (tertiary/aromatic N) is 23. The number of halogens is 1. The van der Waals surface area contributed by atoms with E-state index in [1.165, 1.54) is 31.1 Å². The van der Waals surface area contributed by atoms with Crippen molar-refractivity contribution >= 4 is 84.5 Å². The van der Waals surface area contributed by atoms with Gasteiger partial charge < -0.3 is 64.7 Å². The van der Waals surface area contributed by atoms with E-state index in [0.717, 1.165) is 112 Å². The van der Waals surface area contributed by atoms with Crippen LogP contribution in [0.3, 0.4) is 0 Å². The zero-order valence-electron chi connectivity index (χ0n) is 73.8. The van der Waals surface area contributed by atoms with Crippen molar-refractivity contribution in [1.29, 1.82) is 0 Å². The summed E-state index contributed by atoms with van der Waals surface area (Å²) in [5.41, 5.74) is 23.2. The van der Waals surface area contributed by atoms with E-state index in [-0.39, 0.29) is 16.8 Å². The van der Waals surface area contributed by atoms with Crippen molar-refractivity contribution in [1.82, 2.24) is 98.6 Å². The number of thioether (sulfide) groups is 1. The number of nitro groups is 1. The van der Waals surface area contributed by atoms with Crippen LogP contribution in [-0.4, -0.2) is 253 Å². The number of carbonyl (C=O) groups is 1. The van der Waals surface area contributed by atoms with Crippen molar-refractivity contribution in [3.05, 3.63) is 264 Å². The summed E-state index contributed by atoms with van der Waals surface area (Å²) < 4.78 is 53.2. The molecule has 2 aliphatic rings. The maximum Gasteiger partial charge on any atom is 0.294 e. The number of hydrogen-bond donors (Lipinski definition) is 3. The molecule has 0 unspecified atom stereocenters. The largest absolute Gasteiger partial charge is 0.494 e. The number of nitrogen functional groups attached to an aromatic ring is 1. The first-order chi connectivity index (χ1) is 62.2. The molecule has 35 nitrogen and oxygen atoms in total. The predicted octanol–water partition coefficient (Wildman–Crippen LogP) is 13.3. The van der Waals surface area contributed by atoms with Crippen LogP contribution < -0.4 is 35.6 Å². The van der Waals surface area contributed by atoms with Gasteiger partial charge in [0.25, 0.3) is 5.69 Å². The number of nitrogens with one attached hydrogen (secondary N) is 2. The van der Waals surface area contributed by atoms with Crippen molar-refractivity contribution < 1.29 is 37.1 Å². The number of morpholine rings is 2. The van der Waals surface area contributed by atoms with Crippen LogP contribution in [-0.2, 0) is 50.3 Å². The zero-order valence-corrected chi connectivity index (χ0v) is 76.2. The Morgan fingerprint density at radius 2 is 0.822 bits per heavy atom. The summed E-state index contributed by atoms with van der Waals surface area (Å²) in [5, 5.41) is 37.5. The number of carbonyl (C=O) groups excluding carboxylic acids is 1. The van der Waals surface area contributed by atoms with Gasteiger partial charge in [-0.05, 0) is 183 Å². The number of allylic oxidation sites excluding steroid dienone is 1. The van der Waals surface area contributed by atoms with Gasteiger partial charge in [0.05, 0.1) is 137 Å². The summed E-state index contributed by atoms with van der Waals surface area (Å²) >= 11 is 6.24. The average Bonchev–Trinajstić information content (AvgIpc) is 1.76. The van der Waals surface area contributed by atoms with E-state index in [2.05, 4.69) is 115 Å². The molecule has 0 bridgehead atoms. The molecule has 0 saturated carbocycles. The molecule has 0 atom stereocenters. The van der Waals surface area contributed by atoms with Crippen molar-refractivity contribution in [3.8, 4) is 79.8 Å². The number of aromatic nitrogens is 16. The number of nitro benzene ring substituents is 1. The number of para-hydroxylation sites is 4. The maximum atomic E-state index is 12.0. The Bertz CT molecular complexity index is 6200. The normalized spacial score (nSPS) is 12.5. The molecule has 2 saturated heterocycles. The molecule has 0 amide bonds. The fourth-order valence-corrected chi connectivity index (χ4v) is 14.5. The Morgan fingerprint density at radius 1 is 0.496 bits per heavy atom. The maximum absolute atomic E-state index is 12.0. The Hall–Kier alpha value is -13.8. The molecule has 16 rings (SSSR count). The minimum Gasteiger partial charge on any atom is -0.494 e. The minimum absolute atomic E-state index is 0.0358. The van der Waals surface area contributed by atoms with Crippen LogP contribution in [0.5, 0.6) is 11.5 Å². The number of nitrogens with two attached hydrogens (primary N) is 1. The van der Waals surface area contributed by atoms with Gasteiger partial charge in [-0.15, -0.1) is 0 Å². The molecule has 2 fully saturated rings. The van der Waals surface area contributed by atoms with Crippen molar-refractivity contribution in [3.63, 3.8) is 0 Å². The van der Waals surface area contributed by atoms with Gasteiger partial charge >= 0.3 is 0 Å². The number of sulfone groups is 1. The molecule has 6 aromatic carbocycles. The van der Waals surface area contributed by atoms with Gasteiger partial charge in [0.1, 0.15) is 40.0 Å². The van der Waals surface area contributed by atoms with Gasteiger partial charge in [0.2, 0.25) is 32.1 Å². The number of ether oxygens (including phenoxy) is 4. The molecule has 4 N–H and O–H groups in total. The fraction of sp³-hybridized carbons (Fsp3) is 0.264. The number of methoxy groups -OCH3 is 2. The Kier molecular flexibility index (Phi) is 33.0. The van der Waals surface area contributed by atoms with Gasteiger partial charge in [0, 0.05) is 102 Å². The van der Waals surface area contributed by atoms with E-state index >= 15 is 0 Å². The van der Waals surface area contributed by atoms with E-state index in [4.69, 9.17) is 56.6 Å². The summed E-state index contributed by atoms with van der Waals surface area (Å²) in [6.07, 6.45) is 10.7. The molecule has 10 heterocycles. The quantitative estimate of drug-likeness (QED) is 0.00780. The van der Waals surface area contributed by atoms with Crippen molar-refractivity contribution in [2.24, 2.45) is 0 Å². The molecule has 2 aliphatic heterocycles. The fourth-order valence-electron chi connectivity index (χ4n) is 13.7. The van der Waals surface area contributed by atoms with Crippen LogP contribution in [0, 0.1) is 10.1 Å². The molecular weight excluding hydrogens is 1700 g/mol. The van der Waals surface area contributed by atoms with Crippen LogP contribution in [0.2, 0.25) is 0 Å². The third-order valence-corrected chi connectivity index (χ3v) is 21.0. The first-order valence-corrected chi connectivity index (χ1v) is 44.3. The summed E-state index contributed by atoms with van der Waals surface area (Å²) in [7, 11) is 15.8. The summed E-state index contributed by atoms with van der Waals surface area (Å²) in [4.78, 5) is 68.5. The van der Waals surface area contributed by atoms with Crippen LogP contribution in [0.25, 0.3) is 68.3 Å². The number of benzene rings is 6. The molecular formula is C91H103ClN26O9S2. The first-order valence-electron chi connectivity index (χ1n) is 40.8. The lowest BCUT2D eigenvalue weighted by atomic mass is 10.2. The summed E-state index contributed by atoms with van der Waals surface area (Å²) in [6, 6.07) is 62.2. The monoisotopic (exact) mass is 1800 g/mol. The summed E-state index contributed by atoms with van der Waals surface area (Å²) in [6.45, 7) is 11.1. The standard InChI is InChI=1S/C27H30N8O4.C27H32N8O2.C17H19N5O2S.C17H19N5S.C3H3ClO/c1-32(2)18-20-15-22(31-34(20)19-7-5-4-6-8-19)21-9-10-28-27(29-21)30-23-16-25(35(36)37)24(17-26(23)38-3)33-11-13-39-14-12-33;1-33(2)18-20-15-23(32-35(20)19-7-5-4-6-8-19)22-9-10-29-27(30-22)31-24-16-21(28)25(17-26(24)36-3)34-11-13-37-14-12-34;1-21(2)12-14-11-16(20-22(14)13-7-5-4-6-8-13)15-9-10-18-17(19-15)25(3,23)24;1-21(2)12-14-11-16(15-9-10-18-17(19-15)23-3)20-22(14)13-7-5-4-6-8-13;1-2-3(4)5/h4-10,15-17H,11-14,18H2,1-3H3,(H,28,29,30);4-10,15-17H,11-14,18,28H2,1-3H3,(H,29,30,31);4-11H,12H2,1-3H3;4-11H,12H2,1-3H3;2H,1H2. The zero-order chi connectivity index (χ0) is 91.7. The van der Waals surface area contributed by atoms with Crippen molar-refractivity contribution in [2.75, 3.05) is 162 Å². The molecule has 0 spiro atoms.